The molecule has 0 aromatic heterocycles. The first kappa shape index (κ1) is 20.2. The molecule has 5 nitrogen and oxygen atoms in total. The van der Waals surface area contributed by atoms with Crippen molar-refractivity contribution in [3.63, 3.8) is 0 Å². The van der Waals surface area contributed by atoms with E-state index in [1.165, 1.54) is 19.3 Å². The minimum Gasteiger partial charge on any atom is -0.376 e. The Kier molecular flexibility index (Phi) is 6.93. The van der Waals surface area contributed by atoms with Crippen molar-refractivity contribution in [1.82, 2.24) is 5.32 Å². The van der Waals surface area contributed by atoms with Gasteiger partial charge in [-0.1, -0.05) is 36.9 Å². The molecule has 3 rings (SSSR count). The second-order valence-electron chi connectivity index (χ2n) is 7.25. The molecule has 2 amide bonds. The van der Waals surface area contributed by atoms with E-state index in [0.717, 1.165) is 24.1 Å². The number of aryl methyl sites for hydroxylation is 1. The molecule has 0 bridgehead atoms. The van der Waals surface area contributed by atoms with Crippen molar-refractivity contribution in [2.24, 2.45) is 0 Å². The SMILES string of the molecule is Cc1ccc(Cl)cc1NC(=O)CNc1ccc(C(=O)NC2CCCCC2)cc1. The number of hydrogen-bond donors (Lipinski definition) is 3. The lowest BCUT2D eigenvalue weighted by Crippen LogP contribution is -2.36. The van der Waals surface area contributed by atoms with Crippen molar-refractivity contribution < 1.29 is 9.59 Å². The average molecular weight is 400 g/mol. The first-order chi connectivity index (χ1) is 13.5. The number of nitrogens with one attached hydrogen (secondary N) is 3. The summed E-state index contributed by atoms with van der Waals surface area (Å²) in [6, 6.07) is 12.9. The average Bonchev–Trinajstić information content (AvgIpc) is 2.70. The molecular weight excluding hydrogens is 374 g/mol. The van der Waals surface area contributed by atoms with Crippen molar-refractivity contribution >= 4 is 34.8 Å². The molecule has 0 saturated heterocycles. The van der Waals surface area contributed by atoms with Crippen LogP contribution in [-0.2, 0) is 4.79 Å². The van der Waals surface area contributed by atoms with Crippen LogP contribution < -0.4 is 16.0 Å². The highest BCUT2D eigenvalue weighted by atomic mass is 35.5. The topological polar surface area (TPSA) is 70.2 Å². The molecule has 1 saturated carbocycles. The molecule has 6 heteroatoms. The van der Waals surface area contributed by atoms with Crippen LogP contribution in [0.25, 0.3) is 0 Å². The zero-order valence-corrected chi connectivity index (χ0v) is 16.8. The van der Waals surface area contributed by atoms with Gasteiger partial charge in [0.1, 0.15) is 0 Å². The van der Waals surface area contributed by atoms with Gasteiger partial charge in [-0.2, -0.15) is 0 Å². The van der Waals surface area contributed by atoms with Crippen LogP contribution in [0.5, 0.6) is 0 Å². The quantitative estimate of drug-likeness (QED) is 0.655. The molecule has 0 radical (unpaired) electrons. The molecule has 0 atom stereocenters. The molecule has 0 spiro atoms. The van der Waals surface area contributed by atoms with E-state index in [4.69, 9.17) is 11.6 Å². The van der Waals surface area contributed by atoms with Gasteiger partial charge >= 0.3 is 0 Å². The lowest BCUT2D eigenvalue weighted by atomic mass is 9.95. The van der Waals surface area contributed by atoms with Crippen molar-refractivity contribution in [2.45, 2.75) is 45.1 Å². The highest BCUT2D eigenvalue weighted by Gasteiger charge is 2.16. The van der Waals surface area contributed by atoms with E-state index in [1.807, 2.05) is 25.1 Å². The maximum atomic E-state index is 12.3. The maximum Gasteiger partial charge on any atom is 0.251 e. The number of carbonyl (C=O) groups is 2. The monoisotopic (exact) mass is 399 g/mol. The lowest BCUT2D eigenvalue weighted by Gasteiger charge is -2.22. The molecule has 1 aliphatic rings. The van der Waals surface area contributed by atoms with Crippen LogP contribution in [0.2, 0.25) is 5.02 Å². The number of hydrogen-bond acceptors (Lipinski definition) is 3. The summed E-state index contributed by atoms with van der Waals surface area (Å²) in [5.74, 6) is -0.197. The fourth-order valence-electron chi connectivity index (χ4n) is 3.36. The second-order valence-corrected chi connectivity index (χ2v) is 7.68. The predicted molar refractivity (Wildman–Crippen MR) is 114 cm³/mol. The summed E-state index contributed by atoms with van der Waals surface area (Å²) in [6.45, 7) is 2.04. The zero-order chi connectivity index (χ0) is 19.9. The van der Waals surface area contributed by atoms with Crippen LogP contribution in [0.3, 0.4) is 0 Å². The Labute approximate surface area is 170 Å². The van der Waals surface area contributed by atoms with Crippen molar-refractivity contribution in [3.05, 3.63) is 58.6 Å². The van der Waals surface area contributed by atoms with E-state index in [9.17, 15) is 9.59 Å². The fourth-order valence-corrected chi connectivity index (χ4v) is 3.53. The van der Waals surface area contributed by atoms with Gasteiger partial charge in [-0.25, -0.2) is 0 Å². The lowest BCUT2D eigenvalue weighted by molar-refractivity contribution is -0.114. The van der Waals surface area contributed by atoms with Gasteiger partial charge in [0.2, 0.25) is 5.91 Å². The first-order valence-corrected chi connectivity index (χ1v) is 10.1. The molecule has 2 aromatic carbocycles. The summed E-state index contributed by atoms with van der Waals surface area (Å²) in [7, 11) is 0. The number of anilines is 2. The van der Waals surface area contributed by atoms with Gasteiger partial charge in [0.25, 0.3) is 5.91 Å². The summed E-state index contributed by atoms with van der Waals surface area (Å²) in [6.07, 6.45) is 5.76. The smallest absolute Gasteiger partial charge is 0.251 e. The Bertz CT molecular complexity index is 830. The van der Waals surface area contributed by atoms with Gasteiger partial charge in [0, 0.05) is 28.0 Å². The van der Waals surface area contributed by atoms with Crippen LogP contribution in [0.4, 0.5) is 11.4 Å². The minimum atomic E-state index is -0.163. The number of halogens is 1. The number of amides is 2. The standard InChI is InChI=1S/C22H26ClN3O2/c1-15-7-10-17(23)13-20(15)26-21(27)14-24-18-11-8-16(9-12-18)22(28)25-19-5-3-2-4-6-19/h7-13,19,24H,2-6,14H2,1H3,(H,25,28)(H,26,27). The number of rotatable bonds is 6. The van der Waals surface area contributed by atoms with E-state index >= 15 is 0 Å². The van der Waals surface area contributed by atoms with Gasteiger partial charge in [-0.3, -0.25) is 9.59 Å². The third kappa shape index (κ3) is 5.73. The Balaban J connectivity index is 1.49. The fraction of sp³-hybridized carbons (Fsp3) is 0.364. The summed E-state index contributed by atoms with van der Waals surface area (Å²) in [5.41, 5.74) is 3.07. The molecule has 28 heavy (non-hydrogen) atoms. The largest absolute Gasteiger partial charge is 0.376 e. The van der Waals surface area contributed by atoms with Gasteiger partial charge in [-0.15, -0.1) is 0 Å². The van der Waals surface area contributed by atoms with Crippen molar-refractivity contribution in [3.8, 4) is 0 Å². The molecule has 1 aliphatic carbocycles. The molecular formula is C22H26ClN3O2. The normalized spacial score (nSPS) is 14.4. The highest BCUT2D eigenvalue weighted by Crippen LogP contribution is 2.20. The highest BCUT2D eigenvalue weighted by molar-refractivity contribution is 6.31. The van der Waals surface area contributed by atoms with Crippen LogP contribution in [0.15, 0.2) is 42.5 Å². The molecule has 1 fully saturated rings. The first-order valence-electron chi connectivity index (χ1n) is 9.72. The van der Waals surface area contributed by atoms with Gasteiger partial charge in [-0.05, 0) is 61.7 Å². The summed E-state index contributed by atoms with van der Waals surface area (Å²) >= 11 is 5.98. The van der Waals surface area contributed by atoms with Gasteiger partial charge in [0.15, 0.2) is 0 Å². The van der Waals surface area contributed by atoms with E-state index in [2.05, 4.69) is 16.0 Å². The summed E-state index contributed by atoms with van der Waals surface area (Å²) < 4.78 is 0. The predicted octanol–water partition coefficient (Wildman–Crippen LogP) is 4.76. The van der Waals surface area contributed by atoms with E-state index < -0.39 is 0 Å². The zero-order valence-electron chi connectivity index (χ0n) is 16.1. The van der Waals surface area contributed by atoms with Crippen LogP contribution in [0, 0.1) is 6.92 Å². The summed E-state index contributed by atoms with van der Waals surface area (Å²) in [5, 5.41) is 9.60. The van der Waals surface area contributed by atoms with E-state index in [1.54, 1.807) is 24.3 Å². The van der Waals surface area contributed by atoms with Crippen molar-refractivity contribution in [1.29, 1.82) is 0 Å². The molecule has 0 unspecified atom stereocenters. The van der Waals surface area contributed by atoms with Gasteiger partial charge < -0.3 is 16.0 Å². The Morgan fingerprint density at radius 2 is 1.75 bits per heavy atom. The molecule has 0 heterocycles. The molecule has 3 N–H and O–H groups in total. The van der Waals surface area contributed by atoms with Gasteiger partial charge in [0.05, 0.1) is 6.54 Å². The van der Waals surface area contributed by atoms with E-state index in [-0.39, 0.29) is 24.4 Å². The number of benzene rings is 2. The van der Waals surface area contributed by atoms with Crippen molar-refractivity contribution in [2.75, 3.05) is 17.2 Å². The third-order valence-corrected chi connectivity index (χ3v) is 5.25. The Hall–Kier alpha value is -2.53. The summed E-state index contributed by atoms with van der Waals surface area (Å²) in [4.78, 5) is 24.5. The molecule has 0 aliphatic heterocycles. The Morgan fingerprint density at radius 1 is 1.04 bits per heavy atom. The van der Waals surface area contributed by atoms with Crippen LogP contribution >= 0.6 is 11.6 Å². The van der Waals surface area contributed by atoms with Crippen LogP contribution in [-0.4, -0.2) is 24.4 Å². The molecule has 2 aromatic rings. The Morgan fingerprint density at radius 3 is 2.46 bits per heavy atom. The van der Waals surface area contributed by atoms with E-state index in [0.29, 0.717) is 16.3 Å². The maximum absolute atomic E-state index is 12.3. The van der Waals surface area contributed by atoms with Crippen LogP contribution in [0.1, 0.15) is 48.0 Å². The second kappa shape index (κ2) is 9.60. The minimum absolute atomic E-state index is 0.0346. The number of carbonyl (C=O) groups excluding carboxylic acids is 2. The molecule has 148 valence electrons. The third-order valence-electron chi connectivity index (χ3n) is 5.01.